The fourth-order valence-corrected chi connectivity index (χ4v) is 1.66. The molecule has 0 amide bonds. The fourth-order valence-electron chi connectivity index (χ4n) is 1.37. The minimum Gasteiger partial charge on any atom is -0.466 e. The minimum atomic E-state index is -3.01. The van der Waals surface area contributed by atoms with E-state index in [0.717, 1.165) is 0 Å². The molecule has 0 heterocycles. The number of alkyl halides is 2. The van der Waals surface area contributed by atoms with Gasteiger partial charge in [0.25, 0.3) is 0 Å². The number of esters is 1. The first kappa shape index (κ1) is 14.5. The molecule has 0 saturated heterocycles. The number of halogens is 3. The highest BCUT2D eigenvalue weighted by atomic mass is 35.5. The summed E-state index contributed by atoms with van der Waals surface area (Å²) >= 11 is 5.75. The molecule has 0 bridgehead atoms. The van der Waals surface area contributed by atoms with E-state index in [-0.39, 0.29) is 29.5 Å². The average Bonchev–Trinajstić information content (AvgIpc) is 2.23. The molecule has 0 atom stereocenters. The Morgan fingerprint density at radius 3 is 2.67 bits per heavy atom. The Morgan fingerprint density at radius 1 is 1.50 bits per heavy atom. The molecule has 4 nitrogen and oxygen atoms in total. The van der Waals surface area contributed by atoms with Gasteiger partial charge < -0.3 is 15.2 Å². The van der Waals surface area contributed by atoms with Crippen molar-refractivity contribution in [2.45, 2.75) is 20.0 Å². The maximum Gasteiger partial charge on any atom is 0.387 e. The number of benzene rings is 1. The van der Waals surface area contributed by atoms with Crippen LogP contribution in [-0.2, 0) is 16.0 Å². The van der Waals surface area contributed by atoms with Crippen LogP contribution in [0.1, 0.15) is 12.5 Å². The Morgan fingerprint density at radius 2 is 2.17 bits per heavy atom. The third-order valence-corrected chi connectivity index (χ3v) is 2.27. The first-order valence-corrected chi connectivity index (χ1v) is 5.50. The van der Waals surface area contributed by atoms with Crippen LogP contribution < -0.4 is 10.5 Å². The number of nitrogens with two attached hydrogens (primary N) is 1. The van der Waals surface area contributed by atoms with E-state index in [4.69, 9.17) is 22.1 Å². The number of anilines is 1. The molecular formula is C11H12ClF2NO3. The van der Waals surface area contributed by atoms with E-state index in [1.165, 1.54) is 12.1 Å². The second-order valence-corrected chi connectivity index (χ2v) is 3.76. The first-order valence-electron chi connectivity index (χ1n) is 5.12. The lowest BCUT2D eigenvalue weighted by Gasteiger charge is -2.11. The van der Waals surface area contributed by atoms with E-state index in [0.29, 0.717) is 5.56 Å². The van der Waals surface area contributed by atoms with Gasteiger partial charge in [0.15, 0.2) is 5.75 Å². The Balaban J connectivity index is 2.89. The van der Waals surface area contributed by atoms with Crippen molar-refractivity contribution < 1.29 is 23.0 Å². The van der Waals surface area contributed by atoms with E-state index in [1.54, 1.807) is 6.92 Å². The van der Waals surface area contributed by atoms with Crippen LogP contribution in [0.4, 0.5) is 14.5 Å². The van der Waals surface area contributed by atoms with Crippen LogP contribution >= 0.6 is 11.6 Å². The smallest absolute Gasteiger partial charge is 0.387 e. The Hall–Kier alpha value is -1.56. The molecule has 1 aromatic rings. The summed E-state index contributed by atoms with van der Waals surface area (Å²) in [5.74, 6) is -0.741. The number of ether oxygens (including phenoxy) is 2. The van der Waals surface area contributed by atoms with Crippen molar-refractivity contribution in [3.8, 4) is 5.75 Å². The van der Waals surface area contributed by atoms with Crippen LogP contribution in [0.15, 0.2) is 12.1 Å². The summed E-state index contributed by atoms with van der Waals surface area (Å²) in [6, 6.07) is 2.69. The lowest BCUT2D eigenvalue weighted by Crippen LogP contribution is -2.09. The number of hydrogen-bond acceptors (Lipinski definition) is 4. The number of rotatable bonds is 5. The van der Waals surface area contributed by atoms with Crippen molar-refractivity contribution >= 4 is 23.3 Å². The number of carbonyl (C=O) groups excluding carboxylic acids is 1. The molecule has 0 aliphatic rings. The summed E-state index contributed by atoms with van der Waals surface area (Å²) in [4.78, 5) is 11.2. The van der Waals surface area contributed by atoms with Gasteiger partial charge in [0.1, 0.15) is 0 Å². The highest BCUT2D eigenvalue weighted by Gasteiger charge is 2.15. The van der Waals surface area contributed by atoms with E-state index in [9.17, 15) is 13.6 Å². The normalized spacial score (nSPS) is 10.5. The van der Waals surface area contributed by atoms with Gasteiger partial charge in [0, 0.05) is 0 Å². The quantitative estimate of drug-likeness (QED) is 0.665. The highest BCUT2D eigenvalue weighted by molar-refractivity contribution is 6.32. The summed E-state index contributed by atoms with van der Waals surface area (Å²) in [6.45, 7) is -1.08. The maximum absolute atomic E-state index is 12.1. The molecule has 18 heavy (non-hydrogen) atoms. The largest absolute Gasteiger partial charge is 0.466 e. The standard InChI is InChI=1S/C11H12ClF2NO3/c1-2-17-9(16)5-6-3-7(12)10(8(15)4-6)18-11(13)14/h3-4,11H,2,5,15H2,1H3. The van der Waals surface area contributed by atoms with Crippen LogP contribution in [-0.4, -0.2) is 19.2 Å². The van der Waals surface area contributed by atoms with Crippen LogP contribution in [0.2, 0.25) is 5.02 Å². The van der Waals surface area contributed by atoms with Gasteiger partial charge in [-0.25, -0.2) is 0 Å². The van der Waals surface area contributed by atoms with Crippen molar-refractivity contribution in [2.24, 2.45) is 0 Å². The first-order chi connectivity index (χ1) is 8.43. The summed E-state index contributed by atoms with van der Waals surface area (Å²) in [5.41, 5.74) is 5.94. The van der Waals surface area contributed by atoms with Gasteiger partial charge in [-0.3, -0.25) is 4.79 Å². The maximum atomic E-state index is 12.1. The van der Waals surface area contributed by atoms with Gasteiger partial charge in [0.2, 0.25) is 0 Å². The van der Waals surface area contributed by atoms with Crippen molar-refractivity contribution in [2.75, 3.05) is 12.3 Å². The molecule has 0 aliphatic carbocycles. The Bertz CT molecular complexity index is 417. The van der Waals surface area contributed by atoms with Gasteiger partial charge >= 0.3 is 12.6 Å². The predicted molar refractivity (Wildman–Crippen MR) is 62.8 cm³/mol. The molecule has 0 spiro atoms. The van der Waals surface area contributed by atoms with E-state index in [2.05, 4.69) is 4.74 Å². The van der Waals surface area contributed by atoms with Gasteiger partial charge in [-0.05, 0) is 24.6 Å². The second-order valence-electron chi connectivity index (χ2n) is 3.36. The zero-order valence-electron chi connectivity index (χ0n) is 9.58. The van der Waals surface area contributed by atoms with Crippen molar-refractivity contribution in [1.29, 1.82) is 0 Å². The molecule has 0 radical (unpaired) electrons. The van der Waals surface area contributed by atoms with Crippen molar-refractivity contribution in [3.63, 3.8) is 0 Å². The topological polar surface area (TPSA) is 61.5 Å². The van der Waals surface area contributed by atoms with Gasteiger partial charge in [0.05, 0.1) is 23.7 Å². The third kappa shape index (κ3) is 4.03. The highest BCUT2D eigenvalue weighted by Crippen LogP contribution is 2.33. The second kappa shape index (κ2) is 6.39. The van der Waals surface area contributed by atoms with E-state index in [1.807, 2.05) is 0 Å². The molecule has 100 valence electrons. The monoisotopic (exact) mass is 279 g/mol. The van der Waals surface area contributed by atoms with E-state index >= 15 is 0 Å². The van der Waals surface area contributed by atoms with Crippen LogP contribution in [0.5, 0.6) is 5.75 Å². The molecule has 1 rings (SSSR count). The summed E-state index contributed by atoms with van der Waals surface area (Å²) in [7, 11) is 0. The Labute approximate surface area is 108 Å². The molecule has 0 aromatic heterocycles. The van der Waals surface area contributed by atoms with E-state index < -0.39 is 12.6 Å². The molecule has 7 heteroatoms. The third-order valence-electron chi connectivity index (χ3n) is 1.99. The number of carbonyl (C=O) groups is 1. The summed E-state index contributed by atoms with van der Waals surface area (Å²) < 4.78 is 33.1. The Kier molecular flexibility index (Phi) is 5.15. The molecule has 0 saturated carbocycles. The lowest BCUT2D eigenvalue weighted by atomic mass is 10.1. The average molecular weight is 280 g/mol. The SMILES string of the molecule is CCOC(=O)Cc1cc(N)c(OC(F)F)c(Cl)c1. The van der Waals surface area contributed by atoms with Gasteiger partial charge in [-0.15, -0.1) is 0 Å². The zero-order chi connectivity index (χ0) is 13.7. The molecule has 2 N–H and O–H groups in total. The predicted octanol–water partition coefficient (Wildman–Crippen LogP) is 2.63. The van der Waals surface area contributed by atoms with Gasteiger partial charge in [-0.1, -0.05) is 11.6 Å². The minimum absolute atomic E-state index is 0.0350. The van der Waals surface area contributed by atoms with Crippen molar-refractivity contribution in [3.05, 3.63) is 22.7 Å². The fraction of sp³-hybridized carbons (Fsp3) is 0.364. The van der Waals surface area contributed by atoms with Crippen LogP contribution in [0.3, 0.4) is 0 Å². The molecular weight excluding hydrogens is 268 g/mol. The van der Waals surface area contributed by atoms with Crippen LogP contribution in [0, 0.1) is 0 Å². The summed E-state index contributed by atoms with van der Waals surface area (Å²) in [5, 5.41) is -0.0744. The number of hydrogen-bond donors (Lipinski definition) is 1. The molecule has 0 fully saturated rings. The lowest BCUT2D eigenvalue weighted by molar-refractivity contribution is -0.142. The summed E-state index contributed by atoms with van der Waals surface area (Å²) in [6.07, 6.45) is -0.0350. The van der Waals surface area contributed by atoms with Crippen molar-refractivity contribution in [1.82, 2.24) is 0 Å². The van der Waals surface area contributed by atoms with Gasteiger partial charge in [-0.2, -0.15) is 8.78 Å². The number of nitrogen functional groups attached to an aromatic ring is 1. The zero-order valence-corrected chi connectivity index (χ0v) is 10.3. The van der Waals surface area contributed by atoms with Crippen LogP contribution in [0.25, 0.3) is 0 Å². The molecule has 1 aromatic carbocycles. The molecule has 0 unspecified atom stereocenters. The molecule has 0 aliphatic heterocycles.